The number of hydrogen-bond donors (Lipinski definition) is 2. The third-order valence-electron chi connectivity index (χ3n) is 3.29. The minimum Gasteiger partial charge on any atom is -0.497 e. The molecule has 0 fully saturated rings. The van der Waals surface area contributed by atoms with Gasteiger partial charge in [-0.25, -0.2) is 4.98 Å². The van der Waals surface area contributed by atoms with Crippen molar-refractivity contribution in [2.45, 2.75) is 13.5 Å². The summed E-state index contributed by atoms with van der Waals surface area (Å²) in [6.07, 6.45) is 0. The summed E-state index contributed by atoms with van der Waals surface area (Å²) < 4.78 is 15.2. The van der Waals surface area contributed by atoms with Crippen molar-refractivity contribution in [3.8, 4) is 23.0 Å². The highest BCUT2D eigenvalue weighted by molar-refractivity contribution is 5.77. The Morgan fingerprint density at radius 3 is 2.80 bits per heavy atom. The Kier molecular flexibility index (Phi) is 4.93. The van der Waals surface area contributed by atoms with Gasteiger partial charge >= 0.3 is 0 Å². The number of nitrogens with one attached hydrogen (secondary N) is 2. The molecule has 3 rings (SSSR count). The van der Waals surface area contributed by atoms with Crippen LogP contribution in [0.5, 0.6) is 11.6 Å². The molecule has 2 heterocycles. The Hall–Kier alpha value is -3.36. The first-order valence-electron chi connectivity index (χ1n) is 7.52. The van der Waals surface area contributed by atoms with Crippen LogP contribution in [0.15, 0.2) is 34.9 Å². The molecule has 0 bridgehead atoms. The van der Waals surface area contributed by atoms with Crippen molar-refractivity contribution in [3.05, 3.63) is 41.9 Å². The molecule has 0 radical (unpaired) electrons. The molecule has 0 atom stereocenters. The summed E-state index contributed by atoms with van der Waals surface area (Å²) in [7, 11) is 1.61. The van der Waals surface area contributed by atoms with Gasteiger partial charge in [0.05, 0.1) is 13.7 Å². The van der Waals surface area contributed by atoms with Crippen molar-refractivity contribution in [1.29, 1.82) is 0 Å². The van der Waals surface area contributed by atoms with Crippen LogP contribution in [0.2, 0.25) is 0 Å². The van der Waals surface area contributed by atoms with Gasteiger partial charge in [-0.05, 0) is 36.3 Å². The number of aromatic amines is 1. The first-order valence-corrected chi connectivity index (χ1v) is 7.52. The van der Waals surface area contributed by atoms with E-state index in [-0.39, 0.29) is 24.9 Å². The summed E-state index contributed by atoms with van der Waals surface area (Å²) in [5.41, 5.74) is 0.847. The van der Waals surface area contributed by atoms with Crippen LogP contribution in [0.25, 0.3) is 11.4 Å². The molecule has 0 saturated carbocycles. The Balaban J connectivity index is 1.50. The lowest BCUT2D eigenvalue weighted by Gasteiger charge is -2.03. The molecule has 1 aromatic carbocycles. The Morgan fingerprint density at radius 2 is 2.12 bits per heavy atom. The van der Waals surface area contributed by atoms with Crippen LogP contribution in [-0.2, 0) is 11.3 Å². The summed E-state index contributed by atoms with van der Waals surface area (Å²) in [5.74, 6) is 2.42. The summed E-state index contributed by atoms with van der Waals surface area (Å²) in [5, 5.41) is 13.2. The second-order valence-electron chi connectivity index (χ2n) is 5.18. The van der Waals surface area contributed by atoms with Gasteiger partial charge in [-0.15, -0.1) is 0 Å². The number of H-pyrrole nitrogens is 1. The van der Waals surface area contributed by atoms with Gasteiger partial charge in [-0.1, -0.05) is 0 Å². The van der Waals surface area contributed by atoms with E-state index in [1.54, 1.807) is 20.1 Å². The minimum absolute atomic E-state index is 0.161. The van der Waals surface area contributed by atoms with Crippen LogP contribution in [0, 0.1) is 6.92 Å². The van der Waals surface area contributed by atoms with E-state index in [4.69, 9.17) is 14.0 Å². The van der Waals surface area contributed by atoms with Gasteiger partial charge in [0.2, 0.25) is 0 Å². The standard InChI is InChI=1S/C16H17N5O4/c1-10-7-15(21-25-10)24-9-14(22)17-8-13-18-16(20-19-13)11-3-5-12(23-2)6-4-11/h3-7H,8-9H2,1-2H3,(H,17,22)(H,18,19,20). The molecular formula is C16H17N5O4. The SMILES string of the molecule is COc1ccc(-c2n[nH]c(CNC(=O)COc3cc(C)on3)n2)cc1. The number of rotatable bonds is 7. The summed E-state index contributed by atoms with van der Waals surface area (Å²) in [4.78, 5) is 16.1. The van der Waals surface area contributed by atoms with Crippen LogP contribution in [0.4, 0.5) is 0 Å². The minimum atomic E-state index is -0.303. The third kappa shape index (κ3) is 4.34. The van der Waals surface area contributed by atoms with E-state index in [0.717, 1.165) is 11.3 Å². The summed E-state index contributed by atoms with van der Waals surface area (Å²) >= 11 is 0. The second kappa shape index (κ2) is 7.47. The Morgan fingerprint density at radius 1 is 1.32 bits per heavy atom. The number of benzene rings is 1. The fraction of sp³-hybridized carbons (Fsp3) is 0.250. The fourth-order valence-corrected chi connectivity index (χ4v) is 2.03. The molecule has 130 valence electrons. The quantitative estimate of drug-likeness (QED) is 0.667. The highest BCUT2D eigenvalue weighted by atomic mass is 16.5. The Labute approximate surface area is 143 Å². The number of carbonyl (C=O) groups excluding carboxylic acids is 1. The lowest BCUT2D eigenvalue weighted by Crippen LogP contribution is -2.28. The van der Waals surface area contributed by atoms with Gasteiger partial charge in [0.25, 0.3) is 11.8 Å². The van der Waals surface area contributed by atoms with E-state index in [1.165, 1.54) is 0 Å². The number of ether oxygens (including phenoxy) is 2. The highest BCUT2D eigenvalue weighted by Crippen LogP contribution is 2.18. The van der Waals surface area contributed by atoms with E-state index in [2.05, 4.69) is 25.7 Å². The maximum Gasteiger partial charge on any atom is 0.258 e. The van der Waals surface area contributed by atoms with Gasteiger partial charge in [-0.3, -0.25) is 9.89 Å². The number of methoxy groups -OCH3 is 1. The zero-order chi connectivity index (χ0) is 17.6. The first kappa shape index (κ1) is 16.5. The van der Waals surface area contributed by atoms with E-state index in [9.17, 15) is 4.79 Å². The number of carbonyl (C=O) groups is 1. The molecule has 9 nitrogen and oxygen atoms in total. The van der Waals surface area contributed by atoms with Gasteiger partial charge in [-0.2, -0.15) is 5.10 Å². The summed E-state index contributed by atoms with van der Waals surface area (Å²) in [6, 6.07) is 8.98. The Bertz CT molecular complexity index is 840. The van der Waals surface area contributed by atoms with E-state index < -0.39 is 0 Å². The maximum atomic E-state index is 11.8. The monoisotopic (exact) mass is 343 g/mol. The molecule has 9 heteroatoms. The molecule has 0 spiro atoms. The van der Waals surface area contributed by atoms with Crippen molar-refractivity contribution in [1.82, 2.24) is 25.7 Å². The molecule has 0 aliphatic rings. The van der Waals surface area contributed by atoms with Gasteiger partial charge < -0.3 is 19.3 Å². The van der Waals surface area contributed by atoms with Gasteiger partial charge in [0.1, 0.15) is 17.3 Å². The smallest absolute Gasteiger partial charge is 0.258 e. The zero-order valence-corrected chi connectivity index (χ0v) is 13.8. The molecular weight excluding hydrogens is 326 g/mol. The average molecular weight is 343 g/mol. The lowest BCUT2D eigenvalue weighted by atomic mass is 10.2. The molecule has 1 amide bonds. The van der Waals surface area contributed by atoms with Gasteiger partial charge in [0.15, 0.2) is 12.4 Å². The highest BCUT2D eigenvalue weighted by Gasteiger charge is 2.09. The van der Waals surface area contributed by atoms with Crippen LogP contribution in [0.1, 0.15) is 11.6 Å². The number of amides is 1. The molecule has 25 heavy (non-hydrogen) atoms. The molecule has 0 aliphatic carbocycles. The molecule has 2 aromatic heterocycles. The first-order chi connectivity index (χ1) is 12.1. The van der Waals surface area contributed by atoms with Crippen LogP contribution in [-0.4, -0.2) is 40.0 Å². The van der Waals surface area contributed by atoms with Crippen LogP contribution < -0.4 is 14.8 Å². The number of nitrogens with zero attached hydrogens (tertiary/aromatic N) is 3. The van der Waals surface area contributed by atoms with E-state index >= 15 is 0 Å². The van der Waals surface area contributed by atoms with Crippen molar-refractivity contribution >= 4 is 5.91 Å². The second-order valence-corrected chi connectivity index (χ2v) is 5.18. The number of aromatic nitrogens is 4. The number of hydrogen-bond acceptors (Lipinski definition) is 7. The molecule has 0 aliphatic heterocycles. The van der Waals surface area contributed by atoms with Crippen molar-refractivity contribution in [2.24, 2.45) is 0 Å². The molecule has 0 unspecified atom stereocenters. The van der Waals surface area contributed by atoms with Crippen molar-refractivity contribution < 1.29 is 18.8 Å². The fourth-order valence-electron chi connectivity index (χ4n) is 2.03. The molecule has 2 N–H and O–H groups in total. The topological polar surface area (TPSA) is 115 Å². The van der Waals surface area contributed by atoms with Crippen LogP contribution >= 0.6 is 0 Å². The molecule has 3 aromatic rings. The normalized spacial score (nSPS) is 10.5. The molecule has 0 saturated heterocycles. The predicted octanol–water partition coefficient (Wildman–Crippen LogP) is 1.47. The zero-order valence-electron chi connectivity index (χ0n) is 13.8. The predicted molar refractivity (Wildman–Crippen MR) is 87.0 cm³/mol. The maximum absolute atomic E-state index is 11.8. The largest absolute Gasteiger partial charge is 0.497 e. The van der Waals surface area contributed by atoms with Crippen molar-refractivity contribution in [2.75, 3.05) is 13.7 Å². The van der Waals surface area contributed by atoms with Gasteiger partial charge in [0, 0.05) is 11.6 Å². The average Bonchev–Trinajstić information content (AvgIpc) is 3.27. The third-order valence-corrected chi connectivity index (χ3v) is 3.29. The lowest BCUT2D eigenvalue weighted by molar-refractivity contribution is -0.123. The van der Waals surface area contributed by atoms with E-state index in [0.29, 0.717) is 17.4 Å². The van der Waals surface area contributed by atoms with E-state index in [1.807, 2.05) is 24.3 Å². The van der Waals surface area contributed by atoms with Crippen LogP contribution in [0.3, 0.4) is 0 Å². The summed E-state index contributed by atoms with van der Waals surface area (Å²) in [6.45, 7) is 1.79. The van der Waals surface area contributed by atoms with Crippen molar-refractivity contribution in [3.63, 3.8) is 0 Å². The number of aryl methyl sites for hydroxylation is 1.